The molecule has 1 spiro atoms. The van der Waals surface area contributed by atoms with Gasteiger partial charge in [0.05, 0.1) is 13.2 Å². The zero-order chi connectivity index (χ0) is 10.5. The predicted molar refractivity (Wildman–Crippen MR) is 52.1 cm³/mol. The maximum atomic E-state index is 9.17. The molecule has 4 nitrogen and oxygen atoms in total. The first-order valence-electron chi connectivity index (χ1n) is 5.86. The second kappa shape index (κ2) is 3.42. The van der Waals surface area contributed by atoms with Crippen molar-refractivity contribution in [1.82, 2.24) is 0 Å². The summed E-state index contributed by atoms with van der Waals surface area (Å²) in [4.78, 5) is 0. The van der Waals surface area contributed by atoms with Crippen LogP contribution >= 0.6 is 0 Å². The maximum Gasteiger partial charge on any atom is 0.172 e. The minimum Gasteiger partial charge on any atom is -0.394 e. The molecule has 0 amide bonds. The van der Waals surface area contributed by atoms with E-state index in [0.717, 1.165) is 18.8 Å². The number of aliphatic hydroxyl groups excluding tert-OH is 2. The van der Waals surface area contributed by atoms with Crippen LogP contribution in [0.4, 0.5) is 0 Å². The minimum atomic E-state index is -0.469. The molecule has 86 valence electrons. The number of hydrogen-bond donors (Lipinski definition) is 2. The Hall–Kier alpha value is -0.160. The predicted octanol–water partition coefficient (Wildman–Crippen LogP) is 0.271. The summed E-state index contributed by atoms with van der Waals surface area (Å²) in [5.41, 5.74) is 0. The molecule has 4 heteroatoms. The molecule has 2 saturated carbocycles. The van der Waals surface area contributed by atoms with E-state index in [-0.39, 0.29) is 25.4 Å². The van der Waals surface area contributed by atoms with E-state index in [4.69, 9.17) is 19.7 Å². The lowest BCUT2D eigenvalue weighted by Crippen LogP contribution is -2.37. The molecule has 2 aliphatic carbocycles. The van der Waals surface area contributed by atoms with Gasteiger partial charge in [-0.25, -0.2) is 0 Å². The van der Waals surface area contributed by atoms with Crippen LogP contribution in [0.5, 0.6) is 0 Å². The van der Waals surface area contributed by atoms with E-state index in [0.29, 0.717) is 5.92 Å². The second-order valence-corrected chi connectivity index (χ2v) is 4.98. The number of rotatable bonds is 2. The lowest BCUT2D eigenvalue weighted by molar-refractivity contribution is -0.209. The fourth-order valence-electron chi connectivity index (χ4n) is 3.20. The lowest BCUT2D eigenvalue weighted by atomic mass is 9.94. The molecule has 3 aliphatic rings. The summed E-state index contributed by atoms with van der Waals surface area (Å²) in [6.45, 7) is -0.130. The largest absolute Gasteiger partial charge is 0.394 e. The molecule has 15 heavy (non-hydrogen) atoms. The Morgan fingerprint density at radius 3 is 2.40 bits per heavy atom. The van der Waals surface area contributed by atoms with Crippen molar-refractivity contribution in [2.75, 3.05) is 13.2 Å². The zero-order valence-corrected chi connectivity index (χ0v) is 8.76. The molecule has 3 fully saturated rings. The second-order valence-electron chi connectivity index (χ2n) is 4.98. The van der Waals surface area contributed by atoms with Crippen molar-refractivity contribution in [1.29, 1.82) is 0 Å². The molecule has 1 aliphatic heterocycles. The van der Waals surface area contributed by atoms with E-state index in [1.807, 2.05) is 0 Å². The standard InChI is InChI=1S/C11H18O4/c12-5-9-10(6-13)15-11(14-9)3-1-2-7-4-8(7)11/h7-10,12-13H,1-6H2. The highest BCUT2D eigenvalue weighted by Gasteiger charge is 2.61. The first-order valence-corrected chi connectivity index (χ1v) is 5.86. The van der Waals surface area contributed by atoms with Crippen LogP contribution < -0.4 is 0 Å². The Balaban J connectivity index is 1.77. The highest BCUT2D eigenvalue weighted by molar-refractivity contribution is 5.04. The van der Waals surface area contributed by atoms with Gasteiger partial charge in [0.25, 0.3) is 0 Å². The fourth-order valence-corrected chi connectivity index (χ4v) is 3.20. The van der Waals surface area contributed by atoms with Gasteiger partial charge in [-0.3, -0.25) is 0 Å². The van der Waals surface area contributed by atoms with Crippen LogP contribution in [0.15, 0.2) is 0 Å². The highest BCUT2D eigenvalue weighted by atomic mass is 16.8. The van der Waals surface area contributed by atoms with Gasteiger partial charge in [0.15, 0.2) is 5.79 Å². The molecule has 0 aromatic rings. The van der Waals surface area contributed by atoms with Gasteiger partial charge in [-0.2, -0.15) is 0 Å². The number of ether oxygens (including phenoxy) is 2. The van der Waals surface area contributed by atoms with E-state index in [1.54, 1.807) is 0 Å². The smallest absolute Gasteiger partial charge is 0.172 e. The van der Waals surface area contributed by atoms with Crippen LogP contribution in [0.2, 0.25) is 0 Å². The zero-order valence-electron chi connectivity index (χ0n) is 8.76. The lowest BCUT2D eigenvalue weighted by Gasteiger charge is -2.32. The molecule has 1 saturated heterocycles. The third kappa shape index (κ3) is 1.43. The van der Waals surface area contributed by atoms with Gasteiger partial charge >= 0.3 is 0 Å². The van der Waals surface area contributed by atoms with E-state index in [1.165, 1.54) is 12.8 Å². The van der Waals surface area contributed by atoms with E-state index < -0.39 is 5.79 Å². The summed E-state index contributed by atoms with van der Waals surface area (Å²) in [5.74, 6) is 0.802. The van der Waals surface area contributed by atoms with Crippen LogP contribution in [-0.2, 0) is 9.47 Å². The van der Waals surface area contributed by atoms with E-state index >= 15 is 0 Å². The van der Waals surface area contributed by atoms with Crippen molar-refractivity contribution >= 4 is 0 Å². The quantitative estimate of drug-likeness (QED) is 0.693. The molecule has 0 aromatic heterocycles. The summed E-state index contributed by atoms with van der Waals surface area (Å²) >= 11 is 0. The molecule has 2 N–H and O–H groups in total. The van der Waals surface area contributed by atoms with Crippen LogP contribution in [0.25, 0.3) is 0 Å². The first-order chi connectivity index (χ1) is 7.29. The van der Waals surface area contributed by atoms with Crippen molar-refractivity contribution in [2.24, 2.45) is 11.8 Å². The third-order valence-electron chi connectivity index (χ3n) is 4.06. The van der Waals surface area contributed by atoms with E-state index in [2.05, 4.69) is 0 Å². The van der Waals surface area contributed by atoms with Gasteiger partial charge < -0.3 is 19.7 Å². The van der Waals surface area contributed by atoms with Crippen LogP contribution in [0.3, 0.4) is 0 Å². The molecule has 0 aromatic carbocycles. The number of hydrogen-bond acceptors (Lipinski definition) is 4. The molecule has 4 atom stereocenters. The van der Waals surface area contributed by atoms with Crippen molar-refractivity contribution in [3.05, 3.63) is 0 Å². The Morgan fingerprint density at radius 1 is 1.13 bits per heavy atom. The van der Waals surface area contributed by atoms with Crippen LogP contribution in [0.1, 0.15) is 25.7 Å². The molecule has 4 unspecified atom stereocenters. The monoisotopic (exact) mass is 214 g/mol. The molecule has 3 rings (SSSR count). The van der Waals surface area contributed by atoms with Crippen molar-refractivity contribution < 1.29 is 19.7 Å². The van der Waals surface area contributed by atoms with Crippen molar-refractivity contribution in [3.8, 4) is 0 Å². The Kier molecular flexibility index (Phi) is 2.28. The Morgan fingerprint density at radius 2 is 1.80 bits per heavy atom. The van der Waals surface area contributed by atoms with Crippen molar-refractivity contribution in [2.45, 2.75) is 43.7 Å². The molecule has 0 radical (unpaired) electrons. The summed E-state index contributed by atoms with van der Waals surface area (Å²) in [5, 5.41) is 18.3. The first kappa shape index (κ1) is 10.0. The average Bonchev–Trinajstić information content (AvgIpc) is 2.96. The molecular weight excluding hydrogens is 196 g/mol. The highest BCUT2D eigenvalue weighted by Crippen LogP contribution is 2.59. The summed E-state index contributed by atoms with van der Waals surface area (Å²) < 4.78 is 11.7. The van der Waals surface area contributed by atoms with Gasteiger partial charge in [0, 0.05) is 12.3 Å². The van der Waals surface area contributed by atoms with Gasteiger partial charge in [-0.05, 0) is 25.2 Å². The minimum absolute atomic E-state index is 0.0651. The number of fused-ring (bicyclic) bond motifs is 2. The third-order valence-corrected chi connectivity index (χ3v) is 4.06. The van der Waals surface area contributed by atoms with Crippen LogP contribution in [0, 0.1) is 11.8 Å². The van der Waals surface area contributed by atoms with Gasteiger partial charge in [-0.1, -0.05) is 0 Å². The number of aliphatic hydroxyl groups is 2. The van der Waals surface area contributed by atoms with Crippen LogP contribution in [-0.4, -0.2) is 41.4 Å². The summed E-state index contributed by atoms with van der Waals surface area (Å²) in [6, 6.07) is 0. The topological polar surface area (TPSA) is 58.9 Å². The molecule has 0 bridgehead atoms. The summed E-state index contributed by atoms with van der Waals surface area (Å²) in [6.07, 6.45) is 3.85. The normalized spacial score (nSPS) is 53.2. The summed E-state index contributed by atoms with van der Waals surface area (Å²) in [7, 11) is 0. The Bertz CT molecular complexity index is 243. The SMILES string of the molecule is OCC1OC2(CCCC3CC32)OC1CO. The molecule has 1 heterocycles. The van der Waals surface area contributed by atoms with Gasteiger partial charge in [0.2, 0.25) is 0 Å². The van der Waals surface area contributed by atoms with E-state index in [9.17, 15) is 0 Å². The Labute approximate surface area is 89.2 Å². The fraction of sp³-hybridized carbons (Fsp3) is 1.00. The van der Waals surface area contributed by atoms with Gasteiger partial charge in [-0.15, -0.1) is 0 Å². The van der Waals surface area contributed by atoms with Gasteiger partial charge in [0.1, 0.15) is 12.2 Å². The van der Waals surface area contributed by atoms with Crippen molar-refractivity contribution in [3.63, 3.8) is 0 Å². The maximum absolute atomic E-state index is 9.17. The average molecular weight is 214 g/mol. The molecular formula is C11H18O4.